The van der Waals surface area contributed by atoms with E-state index in [2.05, 4.69) is 0 Å². The molecule has 3 aliphatic carbocycles. The summed E-state index contributed by atoms with van der Waals surface area (Å²) in [6.07, 6.45) is 5.16. The van der Waals surface area contributed by atoms with Gasteiger partial charge in [0.2, 0.25) is 0 Å². The SMILES string of the molecule is CCOC12C=CC(OCC)(CC1)C1C(=O)OC(=O)C12. The van der Waals surface area contributed by atoms with E-state index < -0.39 is 35.0 Å². The molecule has 0 amide bonds. The normalized spacial score (nSPS) is 43.5. The molecule has 0 aromatic carbocycles. The lowest BCUT2D eigenvalue weighted by atomic mass is 9.58. The first-order valence-electron chi connectivity index (χ1n) is 6.82. The zero-order valence-electron chi connectivity index (χ0n) is 11.2. The van der Waals surface area contributed by atoms with Gasteiger partial charge in [0.25, 0.3) is 0 Å². The van der Waals surface area contributed by atoms with Crippen LogP contribution in [0.25, 0.3) is 0 Å². The van der Waals surface area contributed by atoms with Gasteiger partial charge in [0.05, 0.1) is 0 Å². The summed E-state index contributed by atoms with van der Waals surface area (Å²) in [6.45, 7) is 4.77. The van der Waals surface area contributed by atoms with Gasteiger partial charge in [-0.2, -0.15) is 0 Å². The van der Waals surface area contributed by atoms with Crippen LogP contribution in [0.4, 0.5) is 0 Å². The van der Waals surface area contributed by atoms with E-state index in [1.54, 1.807) is 0 Å². The summed E-state index contributed by atoms with van der Waals surface area (Å²) in [6, 6.07) is 0. The van der Waals surface area contributed by atoms with Crippen molar-refractivity contribution in [1.82, 2.24) is 0 Å². The summed E-state index contributed by atoms with van der Waals surface area (Å²) in [4.78, 5) is 24.0. The van der Waals surface area contributed by atoms with Crippen molar-refractivity contribution < 1.29 is 23.8 Å². The largest absolute Gasteiger partial charge is 0.393 e. The van der Waals surface area contributed by atoms with Gasteiger partial charge in [-0.25, -0.2) is 0 Å². The predicted octanol–water partition coefficient (Wildman–Crippen LogP) is 1.22. The van der Waals surface area contributed by atoms with Gasteiger partial charge in [-0.15, -0.1) is 0 Å². The maximum atomic E-state index is 12.0. The van der Waals surface area contributed by atoms with E-state index in [4.69, 9.17) is 14.2 Å². The standard InChI is InChI=1S/C14H18O5/c1-3-17-13-5-7-14(8-6-13,18-4-2)10-9(13)11(15)19-12(10)16/h5,7,9-10H,3-4,6,8H2,1-2H3. The Labute approximate surface area is 111 Å². The Bertz CT molecular complexity index is 417. The molecule has 0 spiro atoms. The molecule has 0 aromatic heterocycles. The average molecular weight is 266 g/mol. The molecular formula is C14H18O5. The molecule has 1 saturated heterocycles. The van der Waals surface area contributed by atoms with Crippen LogP contribution in [0.5, 0.6) is 0 Å². The van der Waals surface area contributed by atoms with Crippen LogP contribution in [-0.4, -0.2) is 36.4 Å². The van der Waals surface area contributed by atoms with Crippen LogP contribution in [-0.2, 0) is 23.8 Å². The van der Waals surface area contributed by atoms with Gasteiger partial charge in [0.15, 0.2) is 0 Å². The predicted molar refractivity (Wildman–Crippen MR) is 65.2 cm³/mol. The molecule has 104 valence electrons. The number of carbonyl (C=O) groups is 2. The highest BCUT2D eigenvalue weighted by molar-refractivity contribution is 5.99. The summed E-state index contributed by atoms with van der Waals surface area (Å²) in [7, 11) is 0. The summed E-state index contributed by atoms with van der Waals surface area (Å²) >= 11 is 0. The third-order valence-electron chi connectivity index (χ3n) is 4.48. The van der Waals surface area contributed by atoms with E-state index in [-0.39, 0.29) is 0 Å². The first-order chi connectivity index (χ1) is 9.08. The van der Waals surface area contributed by atoms with Gasteiger partial charge in [-0.05, 0) is 26.7 Å². The lowest BCUT2D eigenvalue weighted by Gasteiger charge is -2.52. The minimum Gasteiger partial charge on any atom is -0.393 e. The van der Waals surface area contributed by atoms with Crippen LogP contribution in [0.2, 0.25) is 0 Å². The molecule has 4 atom stereocenters. The Balaban J connectivity index is 2.08. The minimum atomic E-state index is -0.693. The molecule has 4 rings (SSSR count). The second kappa shape index (κ2) is 4.15. The molecular weight excluding hydrogens is 248 g/mol. The van der Waals surface area contributed by atoms with E-state index in [0.717, 1.165) is 0 Å². The zero-order valence-corrected chi connectivity index (χ0v) is 11.2. The fraction of sp³-hybridized carbons (Fsp3) is 0.714. The van der Waals surface area contributed by atoms with Crippen LogP contribution in [0.3, 0.4) is 0 Å². The van der Waals surface area contributed by atoms with E-state index in [1.165, 1.54) is 0 Å². The Hall–Kier alpha value is -1.20. The molecule has 4 unspecified atom stereocenters. The van der Waals surface area contributed by atoms with Crippen LogP contribution in [0.1, 0.15) is 26.7 Å². The number of ether oxygens (including phenoxy) is 3. The molecule has 0 aromatic rings. The number of carbonyl (C=O) groups excluding carboxylic acids is 2. The Kier molecular flexibility index (Phi) is 2.80. The van der Waals surface area contributed by atoms with Gasteiger partial charge in [-0.1, -0.05) is 12.2 Å². The van der Waals surface area contributed by atoms with Crippen molar-refractivity contribution in [2.24, 2.45) is 11.8 Å². The summed E-state index contributed by atoms with van der Waals surface area (Å²) in [5.74, 6) is -2.08. The van der Waals surface area contributed by atoms with E-state index >= 15 is 0 Å². The van der Waals surface area contributed by atoms with E-state index in [9.17, 15) is 9.59 Å². The molecule has 19 heavy (non-hydrogen) atoms. The van der Waals surface area contributed by atoms with Gasteiger partial charge >= 0.3 is 11.9 Å². The monoisotopic (exact) mass is 266 g/mol. The van der Waals surface area contributed by atoms with Gasteiger partial charge in [-0.3, -0.25) is 9.59 Å². The molecule has 2 fully saturated rings. The van der Waals surface area contributed by atoms with Gasteiger partial charge in [0, 0.05) is 13.2 Å². The molecule has 4 aliphatic rings. The Morgan fingerprint density at radius 1 is 1.05 bits per heavy atom. The van der Waals surface area contributed by atoms with E-state index in [0.29, 0.717) is 26.1 Å². The first kappa shape index (κ1) is 12.8. The van der Waals surface area contributed by atoms with Crippen molar-refractivity contribution in [2.45, 2.75) is 37.9 Å². The van der Waals surface area contributed by atoms with Crippen molar-refractivity contribution in [3.8, 4) is 0 Å². The van der Waals surface area contributed by atoms with E-state index in [1.807, 2.05) is 26.0 Å². The molecule has 2 bridgehead atoms. The number of hydrogen-bond acceptors (Lipinski definition) is 5. The molecule has 5 heteroatoms. The van der Waals surface area contributed by atoms with Crippen LogP contribution in [0.15, 0.2) is 12.2 Å². The van der Waals surface area contributed by atoms with Crippen LogP contribution < -0.4 is 0 Å². The minimum absolute atomic E-state index is 0.475. The highest BCUT2D eigenvalue weighted by Crippen LogP contribution is 2.56. The molecule has 1 heterocycles. The van der Waals surface area contributed by atoms with Crippen LogP contribution >= 0.6 is 0 Å². The van der Waals surface area contributed by atoms with Crippen molar-refractivity contribution in [3.05, 3.63) is 12.2 Å². The highest BCUT2D eigenvalue weighted by Gasteiger charge is 2.68. The number of rotatable bonds is 4. The van der Waals surface area contributed by atoms with Crippen molar-refractivity contribution >= 4 is 11.9 Å². The van der Waals surface area contributed by atoms with Crippen LogP contribution in [0, 0.1) is 11.8 Å². The Morgan fingerprint density at radius 2 is 1.47 bits per heavy atom. The third-order valence-corrected chi connectivity index (χ3v) is 4.48. The zero-order chi connectivity index (χ0) is 13.7. The number of hydrogen-bond donors (Lipinski definition) is 0. The first-order valence-corrected chi connectivity index (χ1v) is 6.82. The molecule has 0 radical (unpaired) electrons. The highest BCUT2D eigenvalue weighted by atomic mass is 16.6. The van der Waals surface area contributed by atoms with Gasteiger partial charge in [0.1, 0.15) is 23.0 Å². The quantitative estimate of drug-likeness (QED) is 0.435. The lowest BCUT2D eigenvalue weighted by molar-refractivity contribution is -0.179. The topological polar surface area (TPSA) is 61.8 Å². The fourth-order valence-corrected chi connectivity index (χ4v) is 3.78. The van der Waals surface area contributed by atoms with Crippen molar-refractivity contribution in [2.75, 3.05) is 13.2 Å². The molecule has 0 N–H and O–H groups in total. The van der Waals surface area contributed by atoms with Crippen molar-refractivity contribution in [1.29, 1.82) is 0 Å². The molecule has 1 aliphatic heterocycles. The second-order valence-corrected chi connectivity index (χ2v) is 5.30. The molecule has 1 saturated carbocycles. The number of esters is 2. The average Bonchev–Trinajstić information content (AvgIpc) is 2.70. The smallest absolute Gasteiger partial charge is 0.320 e. The Morgan fingerprint density at radius 3 is 1.79 bits per heavy atom. The number of fused-ring (bicyclic) bond motifs is 1. The second-order valence-electron chi connectivity index (χ2n) is 5.30. The summed E-state index contributed by atoms with van der Waals surface area (Å²) in [5, 5.41) is 0. The maximum absolute atomic E-state index is 12.0. The molecule has 5 nitrogen and oxygen atoms in total. The number of cyclic esters (lactones) is 2. The van der Waals surface area contributed by atoms with Crippen molar-refractivity contribution in [3.63, 3.8) is 0 Å². The fourth-order valence-electron chi connectivity index (χ4n) is 3.78. The maximum Gasteiger partial charge on any atom is 0.320 e. The van der Waals surface area contributed by atoms with Gasteiger partial charge < -0.3 is 14.2 Å². The third kappa shape index (κ3) is 1.55. The lowest BCUT2D eigenvalue weighted by Crippen LogP contribution is -2.61. The summed E-state index contributed by atoms with van der Waals surface area (Å²) < 4.78 is 16.5. The summed E-state index contributed by atoms with van der Waals surface area (Å²) in [5.41, 5.74) is -1.39.